The van der Waals surface area contributed by atoms with Crippen molar-refractivity contribution in [3.63, 3.8) is 0 Å². The molecule has 2 aromatic rings. The average Bonchev–Trinajstić information content (AvgIpc) is 2.29. The van der Waals surface area contributed by atoms with Crippen LogP contribution in [0.2, 0.25) is 0 Å². The van der Waals surface area contributed by atoms with Crippen LogP contribution in [0.3, 0.4) is 0 Å². The topological polar surface area (TPSA) is 42.4 Å². The van der Waals surface area contributed by atoms with Crippen molar-refractivity contribution >= 4 is 0 Å². The molecule has 0 bridgehead atoms. The van der Waals surface area contributed by atoms with E-state index >= 15 is 0 Å². The molecular formula is C12H10FNO2. The summed E-state index contributed by atoms with van der Waals surface area (Å²) >= 11 is 0. The highest BCUT2D eigenvalue weighted by Gasteiger charge is 2.00. The summed E-state index contributed by atoms with van der Waals surface area (Å²) < 4.78 is 18.2. The Morgan fingerprint density at radius 2 is 2.00 bits per heavy atom. The Balaban J connectivity index is 2.20. The van der Waals surface area contributed by atoms with Crippen LogP contribution in [0.1, 0.15) is 5.56 Å². The van der Waals surface area contributed by atoms with Crippen LogP contribution in [0.4, 0.5) is 4.39 Å². The predicted molar refractivity (Wildman–Crippen MR) is 56.6 cm³/mol. The van der Waals surface area contributed by atoms with Gasteiger partial charge in [0.25, 0.3) is 0 Å². The monoisotopic (exact) mass is 219 g/mol. The van der Waals surface area contributed by atoms with E-state index in [1.54, 1.807) is 30.3 Å². The molecule has 82 valence electrons. The smallest absolute Gasteiger partial charge is 0.216 e. The molecule has 3 nitrogen and oxygen atoms in total. The predicted octanol–water partition coefficient (Wildman–Crippen LogP) is 2.51. The fraction of sp³-hybridized carbons (Fsp3) is 0.0833. The van der Waals surface area contributed by atoms with Crippen molar-refractivity contribution in [3.05, 3.63) is 54.1 Å². The minimum Gasteiger partial charge on any atom is -0.457 e. The summed E-state index contributed by atoms with van der Waals surface area (Å²) in [7, 11) is 0. The van der Waals surface area contributed by atoms with Gasteiger partial charge >= 0.3 is 0 Å². The number of halogens is 1. The Morgan fingerprint density at radius 3 is 2.75 bits per heavy atom. The Hall–Kier alpha value is -1.94. The first-order valence-corrected chi connectivity index (χ1v) is 4.77. The van der Waals surface area contributed by atoms with Gasteiger partial charge in [-0.1, -0.05) is 12.1 Å². The molecule has 0 radical (unpaired) electrons. The van der Waals surface area contributed by atoms with Gasteiger partial charge in [-0.15, -0.1) is 0 Å². The number of aliphatic hydroxyl groups excluding tert-OH is 1. The lowest BCUT2D eigenvalue weighted by atomic mass is 10.2. The molecule has 0 saturated heterocycles. The number of ether oxygens (including phenoxy) is 1. The molecule has 0 atom stereocenters. The molecule has 0 aliphatic carbocycles. The zero-order valence-corrected chi connectivity index (χ0v) is 8.43. The first-order chi connectivity index (χ1) is 7.78. The number of aromatic nitrogens is 1. The highest BCUT2D eigenvalue weighted by molar-refractivity contribution is 5.32. The molecule has 0 aliphatic rings. The summed E-state index contributed by atoms with van der Waals surface area (Å²) in [5, 5.41) is 8.95. The average molecular weight is 219 g/mol. The molecule has 1 N–H and O–H groups in total. The van der Waals surface area contributed by atoms with Gasteiger partial charge in [-0.2, -0.15) is 4.39 Å². The summed E-state index contributed by atoms with van der Waals surface area (Å²) in [5.41, 5.74) is 0.743. The van der Waals surface area contributed by atoms with Crippen molar-refractivity contribution in [1.29, 1.82) is 0 Å². The third-order valence-corrected chi connectivity index (χ3v) is 2.01. The first kappa shape index (κ1) is 10.6. The second-order valence-electron chi connectivity index (χ2n) is 3.22. The number of nitrogens with zero attached hydrogens (tertiary/aromatic N) is 1. The number of hydrogen-bond donors (Lipinski definition) is 1. The molecule has 0 fully saturated rings. The standard InChI is InChI=1S/C12H10FNO2/c13-12-7-11(4-5-14-12)16-10-3-1-2-9(6-10)8-15/h1-7,15H,8H2. The quantitative estimate of drug-likeness (QED) is 0.806. The number of aliphatic hydroxyl groups is 1. The third kappa shape index (κ3) is 2.55. The highest BCUT2D eigenvalue weighted by Crippen LogP contribution is 2.21. The molecule has 0 saturated carbocycles. The molecule has 1 heterocycles. The van der Waals surface area contributed by atoms with E-state index in [4.69, 9.17) is 9.84 Å². The van der Waals surface area contributed by atoms with Gasteiger partial charge in [-0.3, -0.25) is 0 Å². The van der Waals surface area contributed by atoms with E-state index < -0.39 is 5.95 Å². The maximum Gasteiger partial charge on any atom is 0.216 e. The van der Waals surface area contributed by atoms with E-state index in [9.17, 15) is 4.39 Å². The number of hydrogen-bond acceptors (Lipinski definition) is 3. The van der Waals surface area contributed by atoms with Crippen molar-refractivity contribution in [2.24, 2.45) is 0 Å². The molecule has 2 rings (SSSR count). The molecule has 4 heteroatoms. The fourth-order valence-electron chi connectivity index (χ4n) is 1.29. The lowest BCUT2D eigenvalue weighted by Crippen LogP contribution is -1.89. The highest BCUT2D eigenvalue weighted by atomic mass is 19.1. The Bertz CT molecular complexity index is 488. The molecule has 0 unspecified atom stereocenters. The summed E-state index contributed by atoms with van der Waals surface area (Å²) in [6.45, 7) is -0.0537. The second kappa shape index (κ2) is 4.72. The number of rotatable bonds is 3. The minimum absolute atomic E-state index is 0.0537. The van der Waals surface area contributed by atoms with E-state index in [0.717, 1.165) is 5.56 Å². The lowest BCUT2D eigenvalue weighted by molar-refractivity contribution is 0.281. The molecule has 16 heavy (non-hydrogen) atoms. The van der Waals surface area contributed by atoms with Crippen LogP contribution in [0.5, 0.6) is 11.5 Å². The summed E-state index contributed by atoms with van der Waals surface area (Å²) in [6.07, 6.45) is 1.33. The zero-order chi connectivity index (χ0) is 11.4. The normalized spacial score (nSPS) is 10.1. The van der Waals surface area contributed by atoms with Gasteiger partial charge < -0.3 is 9.84 Å². The van der Waals surface area contributed by atoms with Crippen molar-refractivity contribution < 1.29 is 14.2 Å². The van der Waals surface area contributed by atoms with E-state index in [1.165, 1.54) is 12.3 Å². The van der Waals surface area contributed by atoms with Gasteiger partial charge in [0.2, 0.25) is 5.95 Å². The van der Waals surface area contributed by atoms with Crippen LogP contribution in [-0.4, -0.2) is 10.1 Å². The van der Waals surface area contributed by atoms with Gasteiger partial charge in [0.15, 0.2) is 0 Å². The molecule has 0 amide bonds. The largest absolute Gasteiger partial charge is 0.457 e. The van der Waals surface area contributed by atoms with E-state index in [1.807, 2.05) is 0 Å². The van der Waals surface area contributed by atoms with Crippen molar-refractivity contribution in [1.82, 2.24) is 4.98 Å². The lowest BCUT2D eigenvalue weighted by Gasteiger charge is -2.06. The van der Waals surface area contributed by atoms with Gasteiger partial charge in [0.1, 0.15) is 11.5 Å². The maximum atomic E-state index is 12.8. The summed E-state index contributed by atoms with van der Waals surface area (Å²) in [4.78, 5) is 3.43. The Morgan fingerprint density at radius 1 is 1.19 bits per heavy atom. The fourth-order valence-corrected chi connectivity index (χ4v) is 1.29. The molecule has 1 aromatic heterocycles. The van der Waals surface area contributed by atoms with Crippen LogP contribution in [0.15, 0.2) is 42.6 Å². The van der Waals surface area contributed by atoms with Gasteiger partial charge in [0.05, 0.1) is 6.61 Å². The molecule has 1 aromatic carbocycles. The SMILES string of the molecule is OCc1cccc(Oc2ccnc(F)c2)c1. The first-order valence-electron chi connectivity index (χ1n) is 4.77. The van der Waals surface area contributed by atoms with Crippen LogP contribution in [0.25, 0.3) is 0 Å². The number of pyridine rings is 1. The second-order valence-corrected chi connectivity index (χ2v) is 3.22. The van der Waals surface area contributed by atoms with Crippen LogP contribution >= 0.6 is 0 Å². The molecule has 0 spiro atoms. The molecule has 0 aliphatic heterocycles. The van der Waals surface area contributed by atoms with Gasteiger partial charge in [-0.25, -0.2) is 4.98 Å². The third-order valence-electron chi connectivity index (χ3n) is 2.01. The Kier molecular flexibility index (Phi) is 3.12. The molecular weight excluding hydrogens is 209 g/mol. The van der Waals surface area contributed by atoms with Gasteiger partial charge in [0, 0.05) is 12.3 Å². The van der Waals surface area contributed by atoms with Crippen molar-refractivity contribution in [2.45, 2.75) is 6.61 Å². The zero-order valence-electron chi connectivity index (χ0n) is 8.43. The van der Waals surface area contributed by atoms with Crippen LogP contribution < -0.4 is 4.74 Å². The Labute approximate surface area is 92.1 Å². The maximum absolute atomic E-state index is 12.8. The summed E-state index contributed by atoms with van der Waals surface area (Å²) in [6, 6.07) is 9.73. The van der Waals surface area contributed by atoms with Gasteiger partial charge in [-0.05, 0) is 23.8 Å². The van der Waals surface area contributed by atoms with E-state index in [0.29, 0.717) is 11.5 Å². The minimum atomic E-state index is -0.587. The van der Waals surface area contributed by atoms with Crippen molar-refractivity contribution in [2.75, 3.05) is 0 Å². The van der Waals surface area contributed by atoms with Crippen molar-refractivity contribution in [3.8, 4) is 11.5 Å². The number of benzene rings is 1. The summed E-state index contributed by atoms with van der Waals surface area (Å²) in [5.74, 6) is 0.343. The van der Waals surface area contributed by atoms with E-state index in [2.05, 4.69) is 4.98 Å². The van der Waals surface area contributed by atoms with Crippen LogP contribution in [0, 0.1) is 5.95 Å². The van der Waals surface area contributed by atoms with E-state index in [-0.39, 0.29) is 6.61 Å². The van der Waals surface area contributed by atoms with Crippen LogP contribution in [-0.2, 0) is 6.61 Å².